The highest BCUT2D eigenvalue weighted by Crippen LogP contribution is 2.41. The summed E-state index contributed by atoms with van der Waals surface area (Å²) in [6, 6.07) is 0.712. The summed E-state index contributed by atoms with van der Waals surface area (Å²) in [6.07, 6.45) is -10.2. The van der Waals surface area contributed by atoms with Crippen LogP contribution < -0.4 is 0 Å². The molecule has 0 atom stereocenters. The Hall–Kier alpha value is -1.99. The van der Waals surface area contributed by atoms with E-state index in [2.05, 4.69) is 0 Å². The van der Waals surface area contributed by atoms with Gasteiger partial charge in [0.05, 0.1) is 15.6 Å². The molecule has 6 nitrogen and oxygen atoms in total. The summed E-state index contributed by atoms with van der Waals surface area (Å²) >= 11 is 10.6. The van der Waals surface area contributed by atoms with Crippen LogP contribution in [-0.4, -0.2) is 18.9 Å². The van der Waals surface area contributed by atoms with E-state index < -0.39 is 65.8 Å². The molecule has 0 aliphatic heterocycles. The molecule has 1 aromatic carbocycles. The van der Waals surface area contributed by atoms with Crippen LogP contribution in [0.15, 0.2) is 12.1 Å². The number of H-pyrrole nitrogens is 1. The topological polar surface area (TPSA) is 80.9 Å². The SMILES string of the molecule is O=S=c1c(C(F)(F)F)c([N+](=O)[O-])[nH]n1-c1c(Cl)cc(C(F)(F)F)cc1Cl. The first-order chi connectivity index (χ1) is 11.8. The second kappa shape index (κ2) is 6.63. The molecule has 0 radical (unpaired) electrons. The number of nitrogens with one attached hydrogen (secondary N) is 1. The van der Waals surface area contributed by atoms with Crippen LogP contribution in [0.25, 0.3) is 5.69 Å². The van der Waals surface area contributed by atoms with Gasteiger partial charge in [-0.2, -0.15) is 36.1 Å². The quantitative estimate of drug-likeness (QED) is 0.314. The predicted octanol–water partition coefficient (Wildman–Crippen LogP) is 4.80. The molecular formula is C11H3Cl2F6N3O3S. The Morgan fingerprint density at radius 2 is 1.58 bits per heavy atom. The first-order valence-electron chi connectivity index (χ1n) is 6.05. The summed E-state index contributed by atoms with van der Waals surface area (Å²) in [5, 5.41) is 11.0. The molecule has 15 heteroatoms. The zero-order chi connectivity index (χ0) is 20.0. The number of aromatic nitrogens is 2. The highest BCUT2D eigenvalue weighted by Gasteiger charge is 2.44. The summed E-state index contributed by atoms with van der Waals surface area (Å²) in [5.41, 5.74) is -3.89. The van der Waals surface area contributed by atoms with E-state index in [0.717, 1.165) is 0 Å². The van der Waals surface area contributed by atoms with Crippen LogP contribution in [0.1, 0.15) is 11.1 Å². The van der Waals surface area contributed by atoms with Gasteiger partial charge < -0.3 is 10.1 Å². The predicted molar refractivity (Wildman–Crippen MR) is 78.2 cm³/mol. The number of nitro groups is 1. The van der Waals surface area contributed by atoms with Gasteiger partial charge in [0.15, 0.2) is 10.2 Å². The second-order valence-electron chi connectivity index (χ2n) is 4.60. The summed E-state index contributed by atoms with van der Waals surface area (Å²) < 4.78 is 87.7. The minimum Gasteiger partial charge on any atom is -0.358 e. The maximum atomic E-state index is 13.1. The Morgan fingerprint density at radius 1 is 1.08 bits per heavy atom. The number of hydrogen-bond acceptors (Lipinski definition) is 3. The molecule has 1 heterocycles. The maximum absolute atomic E-state index is 13.1. The van der Waals surface area contributed by atoms with Crippen molar-refractivity contribution >= 4 is 40.3 Å². The van der Waals surface area contributed by atoms with E-state index in [-0.39, 0.29) is 4.68 Å². The summed E-state index contributed by atoms with van der Waals surface area (Å²) in [6.45, 7) is 0. The third-order valence-electron chi connectivity index (χ3n) is 2.98. The molecule has 1 N–H and O–H groups in total. The van der Waals surface area contributed by atoms with Gasteiger partial charge in [0.25, 0.3) is 0 Å². The molecule has 0 unspecified atom stereocenters. The van der Waals surface area contributed by atoms with Crippen LogP contribution in [0, 0.1) is 14.8 Å². The van der Waals surface area contributed by atoms with Gasteiger partial charge in [-0.3, -0.25) is 0 Å². The van der Waals surface area contributed by atoms with E-state index in [4.69, 9.17) is 23.2 Å². The molecule has 0 fully saturated rings. The minimum absolute atomic E-state index is 0.226. The van der Waals surface area contributed by atoms with Gasteiger partial charge in [-0.05, 0) is 17.1 Å². The molecule has 0 spiro atoms. The average Bonchev–Trinajstić information content (AvgIpc) is 2.85. The Kier molecular flexibility index (Phi) is 5.18. The van der Waals surface area contributed by atoms with Gasteiger partial charge >= 0.3 is 18.2 Å². The van der Waals surface area contributed by atoms with Crippen molar-refractivity contribution in [3.05, 3.63) is 48.1 Å². The third-order valence-corrected chi connectivity index (χ3v) is 4.11. The lowest BCUT2D eigenvalue weighted by atomic mass is 10.2. The number of benzene rings is 1. The molecule has 0 amide bonds. The molecule has 1 aromatic heterocycles. The summed E-state index contributed by atoms with van der Waals surface area (Å²) in [4.78, 5) is 9.43. The van der Waals surface area contributed by atoms with Crippen LogP contribution in [-0.2, 0) is 23.6 Å². The lowest BCUT2D eigenvalue weighted by molar-refractivity contribution is -0.392. The standard InChI is InChI=1S/C11H3Cl2F6N3O3S/c12-4-1-3(10(14,15)16)2-5(13)7(4)21-9(26-25)6(11(17,18)19)8(20-21)22(23)24/h1-2,20H. The Balaban J connectivity index is 2.92. The number of aromatic amines is 1. The number of halogens is 8. The molecule has 142 valence electrons. The first-order valence-corrected chi connectivity index (χ1v) is 7.54. The second-order valence-corrected chi connectivity index (χ2v) is 5.97. The summed E-state index contributed by atoms with van der Waals surface area (Å²) in [7, 11) is 0. The van der Waals surface area contributed by atoms with E-state index in [0.29, 0.717) is 12.1 Å². The zero-order valence-corrected chi connectivity index (χ0v) is 14.0. The van der Waals surface area contributed by atoms with Crippen molar-refractivity contribution in [1.82, 2.24) is 9.78 Å². The van der Waals surface area contributed by atoms with Crippen LogP contribution in [0.3, 0.4) is 0 Å². The van der Waals surface area contributed by atoms with Crippen molar-refractivity contribution in [3.63, 3.8) is 0 Å². The van der Waals surface area contributed by atoms with E-state index in [9.17, 15) is 40.7 Å². The number of rotatable bonds is 2. The Bertz CT molecular complexity index is 968. The van der Waals surface area contributed by atoms with E-state index >= 15 is 0 Å². The number of alkyl halides is 6. The highest BCUT2D eigenvalue weighted by atomic mass is 35.5. The number of nitrogens with zero attached hydrogens (tertiary/aromatic N) is 2. The van der Waals surface area contributed by atoms with Crippen molar-refractivity contribution in [2.75, 3.05) is 0 Å². The van der Waals surface area contributed by atoms with Crippen molar-refractivity contribution in [2.24, 2.45) is 0 Å². The molecular weight excluding hydrogens is 439 g/mol. The fourth-order valence-electron chi connectivity index (χ4n) is 1.99. The average molecular weight is 442 g/mol. The molecule has 2 rings (SSSR count). The monoisotopic (exact) mass is 441 g/mol. The Labute approximate surface area is 152 Å². The van der Waals surface area contributed by atoms with Gasteiger partial charge in [0.1, 0.15) is 16.9 Å². The smallest absolute Gasteiger partial charge is 0.358 e. The summed E-state index contributed by atoms with van der Waals surface area (Å²) in [5.74, 6) is -1.59. The van der Waals surface area contributed by atoms with E-state index in [1.54, 1.807) is 5.10 Å². The van der Waals surface area contributed by atoms with Crippen LogP contribution in [0.4, 0.5) is 32.2 Å². The van der Waals surface area contributed by atoms with Gasteiger partial charge in [-0.25, -0.2) is 4.21 Å². The highest BCUT2D eigenvalue weighted by molar-refractivity contribution is 7.56. The number of hydrogen-bond donors (Lipinski definition) is 1. The van der Waals surface area contributed by atoms with Gasteiger partial charge in [0, 0.05) is 0 Å². The van der Waals surface area contributed by atoms with Gasteiger partial charge in [-0.15, -0.1) is 0 Å². The fraction of sp³-hybridized carbons (Fsp3) is 0.182. The lowest BCUT2D eigenvalue weighted by Gasteiger charge is -2.11. The molecule has 26 heavy (non-hydrogen) atoms. The molecule has 0 aliphatic rings. The van der Waals surface area contributed by atoms with Gasteiger partial charge in [-0.1, -0.05) is 23.2 Å². The zero-order valence-electron chi connectivity index (χ0n) is 11.7. The van der Waals surface area contributed by atoms with Crippen molar-refractivity contribution in [2.45, 2.75) is 12.4 Å². The van der Waals surface area contributed by atoms with E-state index in [1.807, 2.05) is 0 Å². The maximum Gasteiger partial charge on any atom is 0.427 e. The van der Waals surface area contributed by atoms with E-state index in [1.165, 1.54) is 0 Å². The lowest BCUT2D eigenvalue weighted by Crippen LogP contribution is -2.09. The third kappa shape index (κ3) is 3.59. The molecule has 0 bridgehead atoms. The first kappa shape index (κ1) is 20.3. The largest absolute Gasteiger partial charge is 0.427 e. The minimum atomic E-state index is -5.30. The van der Waals surface area contributed by atoms with Crippen LogP contribution in [0.2, 0.25) is 10.0 Å². The van der Waals surface area contributed by atoms with Crippen LogP contribution in [0.5, 0.6) is 0 Å². The Morgan fingerprint density at radius 3 is 1.92 bits per heavy atom. The van der Waals surface area contributed by atoms with Crippen molar-refractivity contribution < 1.29 is 35.5 Å². The van der Waals surface area contributed by atoms with Crippen molar-refractivity contribution in [1.29, 1.82) is 0 Å². The normalized spacial score (nSPS) is 12.3. The van der Waals surface area contributed by atoms with Gasteiger partial charge in [0.2, 0.25) is 0 Å². The van der Waals surface area contributed by atoms with Crippen molar-refractivity contribution in [3.8, 4) is 5.69 Å². The molecule has 0 aliphatic carbocycles. The fourth-order valence-corrected chi connectivity index (χ4v) is 3.16. The molecule has 2 aromatic rings. The molecule has 0 saturated heterocycles. The molecule has 0 saturated carbocycles. The van der Waals surface area contributed by atoms with Crippen LogP contribution >= 0.6 is 23.2 Å².